The largest absolute Gasteiger partial charge is 0.479 e. The quantitative estimate of drug-likeness (QED) is 0.921. The molecule has 0 bridgehead atoms. The highest BCUT2D eigenvalue weighted by Crippen LogP contribution is 2.32. The molecule has 2 aromatic heterocycles. The Morgan fingerprint density at radius 1 is 1.48 bits per heavy atom. The van der Waals surface area contributed by atoms with E-state index in [0.29, 0.717) is 11.4 Å². The first-order chi connectivity index (χ1) is 10.9. The zero-order valence-corrected chi connectivity index (χ0v) is 14.1. The molecule has 0 saturated carbocycles. The van der Waals surface area contributed by atoms with E-state index in [0.717, 1.165) is 15.9 Å². The molecule has 7 nitrogen and oxygen atoms in total. The summed E-state index contributed by atoms with van der Waals surface area (Å²) in [7, 11) is 1.87. The fourth-order valence-electron chi connectivity index (χ4n) is 2.74. The summed E-state index contributed by atoms with van der Waals surface area (Å²) in [5.41, 5.74) is 0.975. The standard InChI is InChI=1S/C15H19N3O4S/c1-8(2)12-9-6-11(23-14(9)17(3)16-12)13(19)18-4-5-22-10(7-18)15(20)21/h6,8,10H,4-5,7H2,1-3H3,(H,20,21). The predicted molar refractivity (Wildman–Crippen MR) is 86.0 cm³/mol. The van der Waals surface area contributed by atoms with E-state index in [1.165, 1.54) is 11.3 Å². The third kappa shape index (κ3) is 2.84. The number of carbonyl (C=O) groups excluding carboxylic acids is 1. The number of aromatic nitrogens is 2. The van der Waals surface area contributed by atoms with Crippen LogP contribution in [0.1, 0.15) is 35.1 Å². The molecule has 1 aliphatic rings. The van der Waals surface area contributed by atoms with Gasteiger partial charge in [0.15, 0.2) is 6.10 Å². The van der Waals surface area contributed by atoms with Crippen LogP contribution in [0.2, 0.25) is 0 Å². The van der Waals surface area contributed by atoms with Crippen LogP contribution in [0.15, 0.2) is 6.07 Å². The Kier molecular flexibility index (Phi) is 4.11. The fourth-order valence-corrected chi connectivity index (χ4v) is 3.78. The second-order valence-corrected chi connectivity index (χ2v) is 6.97. The van der Waals surface area contributed by atoms with E-state index in [1.807, 2.05) is 13.1 Å². The van der Waals surface area contributed by atoms with E-state index in [2.05, 4.69) is 18.9 Å². The minimum Gasteiger partial charge on any atom is -0.479 e. The molecule has 8 heteroatoms. The summed E-state index contributed by atoms with van der Waals surface area (Å²) in [4.78, 5) is 26.9. The van der Waals surface area contributed by atoms with Crippen LogP contribution in [0.4, 0.5) is 0 Å². The van der Waals surface area contributed by atoms with Crippen molar-refractivity contribution in [2.45, 2.75) is 25.9 Å². The molecule has 124 valence electrons. The smallest absolute Gasteiger partial charge is 0.334 e. The number of hydrogen-bond acceptors (Lipinski definition) is 5. The maximum atomic E-state index is 12.7. The van der Waals surface area contributed by atoms with Gasteiger partial charge in [-0.25, -0.2) is 4.79 Å². The molecule has 1 fully saturated rings. The Morgan fingerprint density at radius 3 is 2.87 bits per heavy atom. The normalized spacial score (nSPS) is 18.8. The number of nitrogens with zero attached hydrogens (tertiary/aromatic N) is 3. The Bertz CT molecular complexity index is 764. The summed E-state index contributed by atoms with van der Waals surface area (Å²) in [6.45, 7) is 4.87. The molecule has 1 amide bonds. The van der Waals surface area contributed by atoms with E-state index >= 15 is 0 Å². The van der Waals surface area contributed by atoms with Crippen LogP contribution in [-0.4, -0.2) is 57.5 Å². The van der Waals surface area contributed by atoms with Gasteiger partial charge in [-0.15, -0.1) is 11.3 Å². The van der Waals surface area contributed by atoms with Crippen molar-refractivity contribution >= 4 is 33.4 Å². The molecule has 0 aliphatic carbocycles. The number of hydrogen-bond donors (Lipinski definition) is 1. The average Bonchev–Trinajstić information content (AvgIpc) is 3.07. The second kappa shape index (κ2) is 5.93. The molecule has 1 atom stereocenters. The molecule has 2 aromatic rings. The lowest BCUT2D eigenvalue weighted by molar-refractivity contribution is -0.154. The van der Waals surface area contributed by atoms with Crippen molar-refractivity contribution in [3.05, 3.63) is 16.6 Å². The topological polar surface area (TPSA) is 84.7 Å². The molecule has 1 aliphatic heterocycles. The van der Waals surface area contributed by atoms with E-state index in [4.69, 9.17) is 9.84 Å². The number of ether oxygens (including phenoxy) is 1. The molecule has 1 saturated heterocycles. The molecule has 3 rings (SSSR count). The highest BCUT2D eigenvalue weighted by atomic mass is 32.1. The van der Waals surface area contributed by atoms with Gasteiger partial charge >= 0.3 is 5.97 Å². The second-order valence-electron chi connectivity index (χ2n) is 5.94. The lowest BCUT2D eigenvalue weighted by Gasteiger charge is -2.30. The molecular formula is C15H19N3O4S. The summed E-state index contributed by atoms with van der Waals surface area (Å²) in [6.07, 6.45) is -0.949. The van der Waals surface area contributed by atoms with E-state index < -0.39 is 12.1 Å². The first kappa shape index (κ1) is 15.9. The highest BCUT2D eigenvalue weighted by molar-refractivity contribution is 7.20. The van der Waals surface area contributed by atoms with Crippen molar-refractivity contribution in [2.75, 3.05) is 19.7 Å². The van der Waals surface area contributed by atoms with Crippen LogP contribution in [0, 0.1) is 0 Å². The number of fused-ring (bicyclic) bond motifs is 1. The van der Waals surface area contributed by atoms with Gasteiger partial charge in [0.25, 0.3) is 5.91 Å². The van der Waals surface area contributed by atoms with Crippen LogP contribution in [0.3, 0.4) is 0 Å². The minimum absolute atomic E-state index is 0.0811. The third-order valence-corrected chi connectivity index (χ3v) is 5.12. The Hall–Kier alpha value is -1.93. The van der Waals surface area contributed by atoms with Gasteiger partial charge in [0.05, 0.1) is 23.7 Å². The van der Waals surface area contributed by atoms with E-state index in [1.54, 1.807) is 9.58 Å². The lowest BCUT2D eigenvalue weighted by Crippen LogP contribution is -2.48. The SMILES string of the molecule is CC(C)c1nn(C)c2sc(C(=O)N3CCOC(C(=O)O)C3)cc12. The van der Waals surface area contributed by atoms with Crippen LogP contribution in [0.5, 0.6) is 0 Å². The van der Waals surface area contributed by atoms with Gasteiger partial charge in [0.2, 0.25) is 0 Å². The maximum absolute atomic E-state index is 12.7. The first-order valence-corrected chi connectivity index (χ1v) is 8.30. The Morgan fingerprint density at radius 2 is 2.22 bits per heavy atom. The molecule has 0 spiro atoms. The summed E-state index contributed by atoms with van der Waals surface area (Å²) in [5, 5.41) is 14.6. The monoisotopic (exact) mass is 337 g/mol. The Balaban J connectivity index is 1.89. The number of aliphatic carboxylic acids is 1. The molecule has 1 N–H and O–H groups in total. The zero-order chi connectivity index (χ0) is 16.7. The molecule has 0 radical (unpaired) electrons. The summed E-state index contributed by atoms with van der Waals surface area (Å²) in [5.74, 6) is -0.906. The molecule has 1 unspecified atom stereocenters. The van der Waals surface area contributed by atoms with Gasteiger partial charge in [-0.05, 0) is 12.0 Å². The summed E-state index contributed by atoms with van der Waals surface area (Å²) >= 11 is 1.39. The number of amides is 1. The summed E-state index contributed by atoms with van der Waals surface area (Å²) in [6, 6.07) is 1.87. The average molecular weight is 337 g/mol. The van der Waals surface area contributed by atoms with Crippen molar-refractivity contribution in [3.8, 4) is 0 Å². The van der Waals surface area contributed by atoms with Crippen molar-refractivity contribution in [1.29, 1.82) is 0 Å². The van der Waals surface area contributed by atoms with Gasteiger partial charge in [-0.3, -0.25) is 9.48 Å². The number of morpholine rings is 1. The van der Waals surface area contributed by atoms with Crippen LogP contribution >= 0.6 is 11.3 Å². The zero-order valence-electron chi connectivity index (χ0n) is 13.3. The van der Waals surface area contributed by atoms with Gasteiger partial charge < -0.3 is 14.7 Å². The lowest BCUT2D eigenvalue weighted by atomic mass is 10.1. The number of carboxylic acids is 1. The third-order valence-electron chi connectivity index (χ3n) is 3.93. The van der Waals surface area contributed by atoms with E-state index in [9.17, 15) is 9.59 Å². The van der Waals surface area contributed by atoms with Gasteiger partial charge in [0, 0.05) is 19.0 Å². The molecular weight excluding hydrogens is 318 g/mol. The number of thiophene rings is 1. The maximum Gasteiger partial charge on any atom is 0.334 e. The van der Waals surface area contributed by atoms with Gasteiger partial charge in [-0.1, -0.05) is 13.8 Å². The van der Waals surface area contributed by atoms with Crippen molar-refractivity contribution in [2.24, 2.45) is 7.05 Å². The van der Waals surface area contributed by atoms with Crippen molar-refractivity contribution in [1.82, 2.24) is 14.7 Å². The van der Waals surface area contributed by atoms with Crippen LogP contribution in [-0.2, 0) is 16.6 Å². The highest BCUT2D eigenvalue weighted by Gasteiger charge is 2.30. The van der Waals surface area contributed by atoms with Crippen molar-refractivity contribution in [3.63, 3.8) is 0 Å². The van der Waals surface area contributed by atoms with Crippen LogP contribution < -0.4 is 0 Å². The van der Waals surface area contributed by atoms with Crippen molar-refractivity contribution < 1.29 is 19.4 Å². The predicted octanol–water partition coefficient (Wildman–Crippen LogP) is 1.68. The Labute approximate surface area is 137 Å². The fraction of sp³-hybridized carbons (Fsp3) is 0.533. The molecule has 23 heavy (non-hydrogen) atoms. The molecule has 3 heterocycles. The van der Waals surface area contributed by atoms with Crippen LogP contribution in [0.25, 0.3) is 10.2 Å². The van der Waals surface area contributed by atoms with Gasteiger partial charge in [-0.2, -0.15) is 5.10 Å². The van der Waals surface area contributed by atoms with Gasteiger partial charge in [0.1, 0.15) is 4.83 Å². The molecule has 0 aromatic carbocycles. The van der Waals surface area contributed by atoms with E-state index in [-0.39, 0.29) is 25.0 Å². The number of aryl methyl sites for hydroxylation is 1. The number of carboxylic acid groups (broad SMARTS) is 1. The first-order valence-electron chi connectivity index (χ1n) is 7.48. The minimum atomic E-state index is -1.04. The summed E-state index contributed by atoms with van der Waals surface area (Å²) < 4.78 is 6.96. The number of rotatable bonds is 3. The number of carbonyl (C=O) groups is 2.